The molecule has 0 atom stereocenters. The first-order valence-electron chi connectivity index (χ1n) is 4.32. The summed E-state index contributed by atoms with van der Waals surface area (Å²) in [7, 11) is 0. The third kappa shape index (κ3) is 2.05. The number of hydrogen-bond donors (Lipinski definition) is 2. The molecule has 0 aromatic carbocycles. The number of fused-ring (bicyclic) bond motifs is 1. The Hall–Kier alpha value is -0.880. The van der Waals surface area contributed by atoms with Crippen LogP contribution in [-0.4, -0.2) is 21.3 Å². The van der Waals surface area contributed by atoms with Crippen LogP contribution in [0.5, 0.6) is 0 Å². The lowest BCUT2D eigenvalue weighted by atomic mass is 10.3. The highest BCUT2D eigenvalue weighted by Crippen LogP contribution is 2.18. The Labute approximate surface area is 96.2 Å². The van der Waals surface area contributed by atoms with E-state index in [0.29, 0.717) is 29.2 Å². The summed E-state index contributed by atoms with van der Waals surface area (Å²) in [5.74, 6) is 0. The Kier molecular flexibility index (Phi) is 3.06. The van der Waals surface area contributed by atoms with Crippen molar-refractivity contribution < 1.29 is 0 Å². The van der Waals surface area contributed by atoms with Crippen LogP contribution in [0, 0.1) is 0 Å². The minimum absolute atomic E-state index is 0.349. The summed E-state index contributed by atoms with van der Waals surface area (Å²) < 4.78 is 1.53. The molecule has 0 amide bonds. The number of aromatic nitrogens is 3. The fraction of sp³-hybridized carbons (Fsp3) is 0.250. The number of nitrogens with one attached hydrogen (secondary N) is 1. The second-order valence-corrected chi connectivity index (χ2v) is 3.71. The van der Waals surface area contributed by atoms with Gasteiger partial charge in [-0.15, -0.1) is 0 Å². The molecule has 0 bridgehead atoms. The molecule has 0 saturated carbocycles. The summed E-state index contributed by atoms with van der Waals surface area (Å²) in [6, 6.07) is 1.54. The zero-order valence-corrected chi connectivity index (χ0v) is 9.26. The van der Waals surface area contributed by atoms with Gasteiger partial charge in [0.1, 0.15) is 10.3 Å². The van der Waals surface area contributed by atoms with Crippen molar-refractivity contribution in [1.82, 2.24) is 19.9 Å². The van der Waals surface area contributed by atoms with Gasteiger partial charge >= 0.3 is 0 Å². The Bertz CT molecular complexity index is 481. The van der Waals surface area contributed by atoms with Crippen LogP contribution < -0.4 is 11.1 Å². The molecular formula is C8H9Cl2N5. The Morgan fingerprint density at radius 2 is 2.27 bits per heavy atom. The van der Waals surface area contributed by atoms with Crippen molar-refractivity contribution in [2.75, 3.05) is 6.67 Å². The van der Waals surface area contributed by atoms with Crippen LogP contribution in [-0.2, 0) is 6.54 Å². The van der Waals surface area contributed by atoms with Crippen molar-refractivity contribution in [3.63, 3.8) is 0 Å². The van der Waals surface area contributed by atoms with Gasteiger partial charge in [0, 0.05) is 24.8 Å². The second-order valence-electron chi connectivity index (χ2n) is 2.94. The van der Waals surface area contributed by atoms with E-state index in [2.05, 4.69) is 15.4 Å². The zero-order chi connectivity index (χ0) is 10.8. The van der Waals surface area contributed by atoms with Crippen LogP contribution in [0.25, 0.3) is 5.65 Å². The molecule has 15 heavy (non-hydrogen) atoms. The average Bonchev–Trinajstić information content (AvgIpc) is 2.58. The number of rotatable bonds is 3. The van der Waals surface area contributed by atoms with Crippen molar-refractivity contribution in [3.8, 4) is 0 Å². The van der Waals surface area contributed by atoms with Crippen molar-refractivity contribution in [2.45, 2.75) is 6.54 Å². The minimum atomic E-state index is 0.349. The van der Waals surface area contributed by atoms with Crippen molar-refractivity contribution in [3.05, 3.63) is 28.1 Å². The maximum Gasteiger partial charge on any atom is 0.162 e. The topological polar surface area (TPSA) is 68.2 Å². The van der Waals surface area contributed by atoms with E-state index in [1.54, 1.807) is 12.3 Å². The van der Waals surface area contributed by atoms with Crippen LogP contribution >= 0.6 is 23.2 Å². The lowest BCUT2D eigenvalue weighted by molar-refractivity contribution is 0.711. The van der Waals surface area contributed by atoms with E-state index in [1.165, 1.54) is 4.52 Å². The SMILES string of the molecule is NCNCc1cnn2c(Cl)cc(Cl)nc12. The van der Waals surface area contributed by atoms with Gasteiger partial charge in [0.15, 0.2) is 5.65 Å². The largest absolute Gasteiger partial charge is 0.318 e. The molecule has 2 rings (SSSR count). The highest BCUT2D eigenvalue weighted by atomic mass is 35.5. The van der Waals surface area contributed by atoms with Crippen molar-refractivity contribution >= 4 is 28.8 Å². The molecule has 2 aromatic heterocycles. The third-order valence-corrected chi connectivity index (χ3v) is 2.39. The fourth-order valence-electron chi connectivity index (χ4n) is 1.28. The number of nitrogens with zero attached hydrogens (tertiary/aromatic N) is 3. The Morgan fingerprint density at radius 3 is 3.00 bits per heavy atom. The van der Waals surface area contributed by atoms with Crippen LogP contribution in [0.15, 0.2) is 12.3 Å². The van der Waals surface area contributed by atoms with E-state index in [1.807, 2.05) is 0 Å². The van der Waals surface area contributed by atoms with Crippen LogP contribution in [0.3, 0.4) is 0 Å². The van der Waals surface area contributed by atoms with Gasteiger partial charge in [-0.2, -0.15) is 5.10 Å². The van der Waals surface area contributed by atoms with Gasteiger partial charge in [0.05, 0.1) is 6.20 Å². The molecule has 2 aromatic rings. The molecule has 0 spiro atoms. The first-order valence-corrected chi connectivity index (χ1v) is 5.07. The minimum Gasteiger partial charge on any atom is -0.318 e. The molecule has 0 aliphatic heterocycles. The zero-order valence-electron chi connectivity index (χ0n) is 7.74. The second kappa shape index (κ2) is 4.32. The summed E-state index contributed by atoms with van der Waals surface area (Å²) >= 11 is 11.7. The molecule has 7 heteroatoms. The molecule has 0 fully saturated rings. The van der Waals surface area contributed by atoms with Gasteiger partial charge in [-0.1, -0.05) is 23.2 Å². The molecule has 2 heterocycles. The van der Waals surface area contributed by atoms with Gasteiger partial charge in [-0.25, -0.2) is 9.50 Å². The Morgan fingerprint density at radius 1 is 1.47 bits per heavy atom. The van der Waals surface area contributed by atoms with Gasteiger partial charge in [-0.3, -0.25) is 0 Å². The molecular weight excluding hydrogens is 237 g/mol. The van der Waals surface area contributed by atoms with Gasteiger partial charge in [0.2, 0.25) is 0 Å². The molecule has 0 radical (unpaired) electrons. The monoisotopic (exact) mass is 245 g/mol. The van der Waals surface area contributed by atoms with E-state index >= 15 is 0 Å². The molecule has 0 aliphatic rings. The normalized spacial score (nSPS) is 11.1. The van der Waals surface area contributed by atoms with E-state index < -0.39 is 0 Å². The van der Waals surface area contributed by atoms with Crippen LogP contribution in [0.4, 0.5) is 0 Å². The number of hydrogen-bond acceptors (Lipinski definition) is 4. The lowest BCUT2D eigenvalue weighted by Crippen LogP contribution is -2.21. The standard InChI is InChI=1S/C8H9Cl2N5/c9-6-1-7(10)15-8(14-6)5(3-13-15)2-12-4-11/h1,3,12H,2,4,11H2. The smallest absolute Gasteiger partial charge is 0.162 e. The highest BCUT2D eigenvalue weighted by molar-refractivity contribution is 6.33. The van der Waals surface area contributed by atoms with E-state index in [9.17, 15) is 0 Å². The molecule has 0 aliphatic carbocycles. The third-order valence-electron chi connectivity index (χ3n) is 1.93. The van der Waals surface area contributed by atoms with Crippen molar-refractivity contribution in [2.24, 2.45) is 5.73 Å². The highest BCUT2D eigenvalue weighted by Gasteiger charge is 2.08. The summed E-state index contributed by atoms with van der Waals surface area (Å²) in [5, 5.41) is 7.86. The summed E-state index contributed by atoms with van der Waals surface area (Å²) in [5.41, 5.74) is 6.89. The van der Waals surface area contributed by atoms with E-state index in [4.69, 9.17) is 28.9 Å². The maximum atomic E-state index is 5.94. The maximum absolute atomic E-state index is 5.94. The molecule has 0 unspecified atom stereocenters. The quantitative estimate of drug-likeness (QED) is 0.627. The van der Waals surface area contributed by atoms with E-state index in [-0.39, 0.29) is 0 Å². The first-order chi connectivity index (χ1) is 7.22. The predicted octanol–water partition coefficient (Wildman–Crippen LogP) is 1.04. The molecule has 0 saturated heterocycles. The molecule has 5 nitrogen and oxygen atoms in total. The summed E-state index contributed by atoms with van der Waals surface area (Å²) in [4.78, 5) is 4.15. The van der Waals surface area contributed by atoms with Gasteiger partial charge < -0.3 is 11.1 Å². The molecule has 80 valence electrons. The fourth-order valence-corrected chi connectivity index (χ4v) is 1.74. The number of nitrogens with two attached hydrogens (primary N) is 1. The summed E-state index contributed by atoms with van der Waals surface area (Å²) in [6.45, 7) is 0.981. The van der Waals surface area contributed by atoms with Crippen LogP contribution in [0.2, 0.25) is 10.3 Å². The van der Waals surface area contributed by atoms with E-state index in [0.717, 1.165) is 5.56 Å². The molecule has 3 N–H and O–H groups in total. The first kappa shape index (κ1) is 10.6. The van der Waals surface area contributed by atoms with Crippen molar-refractivity contribution in [1.29, 1.82) is 0 Å². The van der Waals surface area contributed by atoms with Crippen LogP contribution in [0.1, 0.15) is 5.56 Å². The lowest BCUT2D eigenvalue weighted by Gasteiger charge is -2.00. The number of halogens is 2. The predicted molar refractivity (Wildman–Crippen MR) is 58.9 cm³/mol. The van der Waals surface area contributed by atoms with Gasteiger partial charge in [-0.05, 0) is 0 Å². The average molecular weight is 246 g/mol. The van der Waals surface area contributed by atoms with Gasteiger partial charge in [0.25, 0.3) is 0 Å². The Balaban J connectivity index is 2.49. The summed E-state index contributed by atoms with van der Waals surface area (Å²) in [6.07, 6.45) is 1.69.